The summed E-state index contributed by atoms with van der Waals surface area (Å²) in [4.78, 5) is 21.6. The molecule has 3 aromatic rings. The molecule has 0 spiro atoms. The number of halogens is 1. The lowest BCUT2D eigenvalue weighted by Crippen LogP contribution is -2.48. The Morgan fingerprint density at radius 3 is 2.53 bits per heavy atom. The highest BCUT2D eigenvalue weighted by molar-refractivity contribution is 5.94. The van der Waals surface area contributed by atoms with Crippen molar-refractivity contribution in [3.05, 3.63) is 77.1 Å². The molecule has 0 saturated carbocycles. The second kappa shape index (κ2) is 7.99. The van der Waals surface area contributed by atoms with Gasteiger partial charge < -0.3 is 4.90 Å². The number of piperazine rings is 1. The fourth-order valence-corrected chi connectivity index (χ4v) is 4.44. The Morgan fingerprint density at radius 1 is 1.00 bits per heavy atom. The van der Waals surface area contributed by atoms with Gasteiger partial charge in [0.2, 0.25) is 0 Å². The summed E-state index contributed by atoms with van der Waals surface area (Å²) >= 11 is 0. The minimum atomic E-state index is -0.321. The van der Waals surface area contributed by atoms with Gasteiger partial charge in [0.15, 0.2) is 5.69 Å². The lowest BCUT2D eigenvalue weighted by Gasteiger charge is -2.34. The highest BCUT2D eigenvalue weighted by Crippen LogP contribution is 2.29. The van der Waals surface area contributed by atoms with Crippen LogP contribution in [0.2, 0.25) is 0 Å². The summed E-state index contributed by atoms with van der Waals surface area (Å²) in [5, 5.41) is 4.59. The predicted molar refractivity (Wildman–Crippen MR) is 111 cm³/mol. The molecule has 0 atom stereocenters. The van der Waals surface area contributed by atoms with E-state index in [0.717, 1.165) is 50.2 Å². The van der Waals surface area contributed by atoms with Crippen LogP contribution < -0.4 is 0 Å². The lowest BCUT2D eigenvalue weighted by atomic mass is 10.1. The zero-order valence-electron chi connectivity index (χ0n) is 16.8. The third kappa shape index (κ3) is 3.50. The van der Waals surface area contributed by atoms with Crippen molar-refractivity contribution in [2.45, 2.75) is 25.8 Å². The number of hydrogen-bond acceptors (Lipinski definition) is 4. The molecule has 0 bridgehead atoms. The summed E-state index contributed by atoms with van der Waals surface area (Å²) in [6.45, 7) is 3.85. The van der Waals surface area contributed by atoms with Crippen LogP contribution in [0.25, 0.3) is 5.69 Å². The number of para-hydroxylation sites is 1. The van der Waals surface area contributed by atoms with Crippen LogP contribution in [0.15, 0.2) is 48.8 Å². The number of carbonyl (C=O) groups is 1. The van der Waals surface area contributed by atoms with Gasteiger partial charge in [0.05, 0.1) is 0 Å². The quantitative estimate of drug-likeness (QED) is 0.670. The first kappa shape index (κ1) is 18.9. The largest absolute Gasteiger partial charge is 0.335 e. The van der Waals surface area contributed by atoms with Crippen LogP contribution in [-0.2, 0) is 19.4 Å². The third-order valence-electron chi connectivity index (χ3n) is 6.03. The molecule has 5 rings (SSSR count). The van der Waals surface area contributed by atoms with E-state index in [1.165, 1.54) is 11.6 Å². The molecule has 0 N–H and O–H groups in total. The van der Waals surface area contributed by atoms with Gasteiger partial charge in [-0.1, -0.05) is 12.1 Å². The summed E-state index contributed by atoms with van der Waals surface area (Å²) in [6, 6.07) is 10.7. The molecule has 1 fully saturated rings. The minimum Gasteiger partial charge on any atom is -0.335 e. The number of amides is 1. The second-order valence-corrected chi connectivity index (χ2v) is 7.91. The Kier molecular flexibility index (Phi) is 5.04. The highest BCUT2D eigenvalue weighted by Gasteiger charge is 2.31. The van der Waals surface area contributed by atoms with E-state index in [9.17, 15) is 9.18 Å². The maximum absolute atomic E-state index is 14.4. The first-order valence-electron chi connectivity index (χ1n) is 10.5. The van der Waals surface area contributed by atoms with Crippen molar-refractivity contribution in [3.63, 3.8) is 0 Å². The number of fused-ring (bicyclic) bond motifs is 1. The monoisotopic (exact) mass is 405 g/mol. The fraction of sp³-hybridized carbons (Fsp3) is 0.348. The van der Waals surface area contributed by atoms with Crippen molar-refractivity contribution < 1.29 is 9.18 Å². The number of rotatable bonds is 4. The number of nitrogens with zero attached hydrogens (tertiary/aromatic N) is 5. The van der Waals surface area contributed by atoms with Gasteiger partial charge in [0.1, 0.15) is 11.5 Å². The van der Waals surface area contributed by atoms with Gasteiger partial charge >= 0.3 is 0 Å². The molecule has 0 radical (unpaired) electrons. The number of benzene rings is 1. The van der Waals surface area contributed by atoms with E-state index >= 15 is 0 Å². The average molecular weight is 405 g/mol. The first-order chi connectivity index (χ1) is 14.7. The predicted octanol–water partition coefficient (Wildman–Crippen LogP) is 2.85. The maximum Gasteiger partial charge on any atom is 0.274 e. The van der Waals surface area contributed by atoms with Crippen molar-refractivity contribution in [2.75, 3.05) is 26.2 Å². The Balaban J connectivity index is 1.33. The van der Waals surface area contributed by atoms with Crippen molar-refractivity contribution >= 4 is 5.91 Å². The van der Waals surface area contributed by atoms with Gasteiger partial charge in [-0.25, -0.2) is 9.07 Å². The van der Waals surface area contributed by atoms with Crippen LogP contribution in [0.3, 0.4) is 0 Å². The van der Waals surface area contributed by atoms with Gasteiger partial charge in [0, 0.05) is 56.4 Å². The van der Waals surface area contributed by atoms with Gasteiger partial charge in [-0.15, -0.1) is 0 Å². The van der Waals surface area contributed by atoms with Crippen LogP contribution >= 0.6 is 0 Å². The number of hydrogen-bond donors (Lipinski definition) is 0. The molecular weight excluding hydrogens is 381 g/mol. The average Bonchev–Trinajstić information content (AvgIpc) is 3.38. The van der Waals surface area contributed by atoms with E-state index in [4.69, 9.17) is 0 Å². The van der Waals surface area contributed by atoms with E-state index in [2.05, 4.69) is 15.0 Å². The van der Waals surface area contributed by atoms with Crippen molar-refractivity contribution in [3.8, 4) is 5.69 Å². The molecule has 30 heavy (non-hydrogen) atoms. The molecule has 1 aliphatic carbocycles. The highest BCUT2D eigenvalue weighted by atomic mass is 19.1. The van der Waals surface area contributed by atoms with Gasteiger partial charge in [-0.3, -0.25) is 14.7 Å². The van der Waals surface area contributed by atoms with E-state index < -0.39 is 0 Å². The van der Waals surface area contributed by atoms with Crippen LogP contribution in [0, 0.1) is 5.82 Å². The molecule has 1 amide bonds. The molecule has 1 saturated heterocycles. The molecule has 6 nitrogen and oxygen atoms in total. The molecule has 2 aliphatic rings. The normalized spacial score (nSPS) is 16.6. The molecule has 0 unspecified atom stereocenters. The van der Waals surface area contributed by atoms with E-state index in [0.29, 0.717) is 24.5 Å². The van der Waals surface area contributed by atoms with Crippen molar-refractivity contribution in [2.24, 2.45) is 0 Å². The number of carbonyl (C=O) groups excluding carboxylic acids is 1. The Bertz CT molecular complexity index is 1060. The minimum absolute atomic E-state index is 0.0354. The Labute approximate surface area is 174 Å². The summed E-state index contributed by atoms with van der Waals surface area (Å²) < 4.78 is 16.0. The molecule has 7 heteroatoms. The zero-order valence-corrected chi connectivity index (χ0v) is 16.8. The van der Waals surface area contributed by atoms with Gasteiger partial charge in [-0.2, -0.15) is 5.10 Å². The first-order valence-corrected chi connectivity index (χ1v) is 10.5. The van der Waals surface area contributed by atoms with Gasteiger partial charge in [-0.05, 0) is 49.1 Å². The van der Waals surface area contributed by atoms with Crippen molar-refractivity contribution in [1.82, 2.24) is 24.6 Å². The lowest BCUT2D eigenvalue weighted by molar-refractivity contribution is 0.0621. The summed E-state index contributed by atoms with van der Waals surface area (Å²) in [5.41, 5.74) is 4.10. The topological polar surface area (TPSA) is 54.3 Å². The number of pyridine rings is 1. The Hall–Kier alpha value is -3.06. The summed E-state index contributed by atoms with van der Waals surface area (Å²) in [6.07, 6.45) is 6.24. The smallest absolute Gasteiger partial charge is 0.274 e. The molecule has 1 aromatic carbocycles. The SMILES string of the molecule is O=C(c1nn(-c2ccccc2F)c2c1CCC2)N1CCN(Cc2ccncc2)CC1. The Morgan fingerprint density at radius 2 is 1.77 bits per heavy atom. The van der Waals surface area contributed by atoms with E-state index in [1.54, 1.807) is 22.9 Å². The fourth-order valence-electron chi connectivity index (χ4n) is 4.44. The third-order valence-corrected chi connectivity index (χ3v) is 6.03. The van der Waals surface area contributed by atoms with Gasteiger partial charge in [0.25, 0.3) is 5.91 Å². The summed E-state index contributed by atoms with van der Waals surface area (Å²) in [5.74, 6) is -0.356. The van der Waals surface area contributed by atoms with Crippen LogP contribution in [-0.4, -0.2) is 56.7 Å². The molecule has 2 aromatic heterocycles. The maximum atomic E-state index is 14.4. The van der Waals surface area contributed by atoms with Crippen molar-refractivity contribution in [1.29, 1.82) is 0 Å². The number of aromatic nitrogens is 3. The molecule has 154 valence electrons. The molecule has 1 aliphatic heterocycles. The van der Waals surface area contributed by atoms with Crippen LogP contribution in [0.4, 0.5) is 4.39 Å². The van der Waals surface area contributed by atoms with Crippen LogP contribution in [0.5, 0.6) is 0 Å². The standard InChI is InChI=1S/C23H24FN5O/c24-19-5-1-2-6-21(19)29-20-7-3-4-18(20)22(26-29)23(30)28-14-12-27(13-15-28)16-17-8-10-25-11-9-17/h1-2,5-6,8-11H,3-4,7,12-16H2. The molecular formula is C23H24FN5O. The van der Waals surface area contributed by atoms with E-state index in [1.807, 2.05) is 29.4 Å². The second-order valence-electron chi connectivity index (χ2n) is 7.91. The van der Waals surface area contributed by atoms with Crippen LogP contribution in [0.1, 0.15) is 33.7 Å². The van der Waals surface area contributed by atoms with E-state index in [-0.39, 0.29) is 11.7 Å². The summed E-state index contributed by atoms with van der Waals surface area (Å²) in [7, 11) is 0. The molecule has 3 heterocycles. The zero-order chi connectivity index (χ0) is 20.5.